The van der Waals surface area contributed by atoms with E-state index in [-0.39, 0.29) is 4.99 Å². The molecule has 0 saturated carbocycles. The molecule has 0 aliphatic rings. The maximum absolute atomic E-state index is 13.2. The van der Waals surface area contributed by atoms with Gasteiger partial charge in [0.15, 0.2) is 0 Å². The molecule has 0 aliphatic carbocycles. The van der Waals surface area contributed by atoms with Gasteiger partial charge in [-0.05, 0) is 30.3 Å². The molecule has 0 heterocycles. The Labute approximate surface area is 135 Å². The van der Waals surface area contributed by atoms with E-state index in [1.165, 1.54) is 24.3 Å². The summed E-state index contributed by atoms with van der Waals surface area (Å²) in [5.41, 5.74) is 7.00. The van der Waals surface area contributed by atoms with E-state index in [2.05, 4.69) is 5.32 Å². The Bertz CT molecular complexity index is 692. The average Bonchev–Trinajstić information content (AvgIpc) is 2.37. The van der Waals surface area contributed by atoms with E-state index in [0.717, 1.165) is 0 Å². The lowest BCUT2D eigenvalue weighted by Gasteiger charge is -2.13. The van der Waals surface area contributed by atoms with Crippen molar-refractivity contribution in [3.63, 3.8) is 0 Å². The highest BCUT2D eigenvalue weighted by Gasteiger charge is 2.11. The van der Waals surface area contributed by atoms with Crippen LogP contribution >= 0.6 is 47.0 Å². The smallest absolute Gasteiger partial charge is 0.124 e. The highest BCUT2D eigenvalue weighted by atomic mass is 35.5. The number of halogens is 4. The zero-order valence-corrected chi connectivity index (χ0v) is 13.0. The molecule has 0 aromatic heterocycles. The van der Waals surface area contributed by atoms with E-state index in [1.54, 1.807) is 6.07 Å². The van der Waals surface area contributed by atoms with E-state index in [4.69, 9.17) is 52.8 Å². The van der Waals surface area contributed by atoms with Crippen LogP contribution in [0.5, 0.6) is 0 Å². The number of thiocarbonyl (C=S) groups is 1. The Morgan fingerprint density at radius 3 is 2.30 bits per heavy atom. The van der Waals surface area contributed by atoms with Crippen LogP contribution < -0.4 is 11.1 Å². The monoisotopic (exact) mass is 348 g/mol. The molecule has 2 aromatic rings. The molecule has 3 N–H and O–H groups in total. The SMILES string of the molecule is NC(=S)c1cc(F)ccc1Nc1cc(Cl)c(Cl)cc1Cl. The number of hydrogen-bond donors (Lipinski definition) is 2. The predicted molar refractivity (Wildman–Crippen MR) is 87.0 cm³/mol. The van der Waals surface area contributed by atoms with Gasteiger partial charge >= 0.3 is 0 Å². The zero-order valence-electron chi connectivity index (χ0n) is 9.88. The van der Waals surface area contributed by atoms with Crippen LogP contribution in [0.25, 0.3) is 0 Å². The molecule has 20 heavy (non-hydrogen) atoms. The fourth-order valence-corrected chi connectivity index (χ4v) is 2.36. The van der Waals surface area contributed by atoms with E-state index < -0.39 is 5.82 Å². The molecular formula is C13H8Cl3FN2S. The maximum atomic E-state index is 13.2. The lowest BCUT2D eigenvalue weighted by atomic mass is 10.1. The molecule has 0 bridgehead atoms. The van der Waals surface area contributed by atoms with E-state index >= 15 is 0 Å². The van der Waals surface area contributed by atoms with Gasteiger partial charge in [-0.1, -0.05) is 47.0 Å². The molecule has 0 aliphatic heterocycles. The van der Waals surface area contributed by atoms with E-state index in [0.29, 0.717) is 32.0 Å². The van der Waals surface area contributed by atoms with Crippen LogP contribution in [-0.4, -0.2) is 4.99 Å². The van der Waals surface area contributed by atoms with Crippen LogP contribution in [0.4, 0.5) is 15.8 Å². The van der Waals surface area contributed by atoms with Gasteiger partial charge in [-0.25, -0.2) is 4.39 Å². The van der Waals surface area contributed by atoms with Crippen LogP contribution in [0.15, 0.2) is 30.3 Å². The highest BCUT2D eigenvalue weighted by Crippen LogP contribution is 2.34. The summed E-state index contributed by atoms with van der Waals surface area (Å²) >= 11 is 22.8. The van der Waals surface area contributed by atoms with Crippen LogP contribution in [0.3, 0.4) is 0 Å². The molecule has 0 fully saturated rings. The number of rotatable bonds is 3. The van der Waals surface area contributed by atoms with Crippen molar-refractivity contribution < 1.29 is 4.39 Å². The van der Waals surface area contributed by atoms with Crippen molar-refractivity contribution in [3.05, 3.63) is 56.8 Å². The fourth-order valence-electron chi connectivity index (χ4n) is 1.59. The normalized spacial score (nSPS) is 10.4. The van der Waals surface area contributed by atoms with Crippen LogP contribution in [0.2, 0.25) is 15.1 Å². The first-order chi connectivity index (χ1) is 9.38. The van der Waals surface area contributed by atoms with Gasteiger partial charge in [-0.3, -0.25) is 0 Å². The molecule has 104 valence electrons. The summed E-state index contributed by atoms with van der Waals surface area (Å²) in [7, 11) is 0. The molecule has 0 radical (unpaired) electrons. The molecule has 0 amide bonds. The third kappa shape index (κ3) is 3.33. The molecule has 7 heteroatoms. The minimum absolute atomic E-state index is 0.0724. The summed E-state index contributed by atoms with van der Waals surface area (Å²) in [5.74, 6) is -0.432. The molecule has 0 saturated heterocycles. The molecule has 0 atom stereocenters. The Kier molecular flexibility index (Phi) is 4.70. The van der Waals surface area contributed by atoms with Gasteiger partial charge in [0, 0.05) is 11.3 Å². The van der Waals surface area contributed by atoms with Gasteiger partial charge in [-0.15, -0.1) is 0 Å². The van der Waals surface area contributed by atoms with E-state index in [1.807, 2.05) is 0 Å². The van der Waals surface area contributed by atoms with Crippen molar-refractivity contribution in [2.45, 2.75) is 0 Å². The van der Waals surface area contributed by atoms with Gasteiger partial charge in [-0.2, -0.15) is 0 Å². The third-order valence-corrected chi connectivity index (χ3v) is 3.78. The predicted octanol–water partition coefficient (Wildman–Crippen LogP) is 5.16. The molecule has 2 nitrogen and oxygen atoms in total. The summed E-state index contributed by atoms with van der Waals surface area (Å²) in [6, 6.07) is 7.13. The number of nitrogens with one attached hydrogen (secondary N) is 1. The first kappa shape index (κ1) is 15.3. The Morgan fingerprint density at radius 1 is 1.00 bits per heavy atom. The van der Waals surface area contributed by atoms with Crippen molar-refractivity contribution in [3.8, 4) is 0 Å². The zero-order chi connectivity index (χ0) is 14.9. The van der Waals surface area contributed by atoms with Crippen molar-refractivity contribution in [2.24, 2.45) is 5.73 Å². The summed E-state index contributed by atoms with van der Waals surface area (Å²) in [5, 5.41) is 4.07. The number of nitrogens with two attached hydrogens (primary N) is 1. The van der Waals surface area contributed by atoms with Crippen LogP contribution in [0.1, 0.15) is 5.56 Å². The molecule has 2 aromatic carbocycles. The largest absolute Gasteiger partial charge is 0.389 e. The van der Waals surface area contributed by atoms with Crippen LogP contribution in [-0.2, 0) is 0 Å². The Morgan fingerprint density at radius 2 is 1.65 bits per heavy atom. The third-order valence-electron chi connectivity index (χ3n) is 2.53. The van der Waals surface area contributed by atoms with Crippen molar-refractivity contribution in [2.75, 3.05) is 5.32 Å². The standard InChI is InChI=1S/C13H8Cl3FN2S/c14-8-4-10(16)12(5-9(8)15)19-11-2-1-6(17)3-7(11)13(18)20/h1-5,19H,(H2,18,20). The quantitative estimate of drug-likeness (QED) is 0.593. The van der Waals surface area contributed by atoms with E-state index in [9.17, 15) is 4.39 Å². The Balaban J connectivity index is 2.45. The van der Waals surface area contributed by atoms with Gasteiger partial charge < -0.3 is 11.1 Å². The first-order valence-electron chi connectivity index (χ1n) is 5.39. The maximum Gasteiger partial charge on any atom is 0.124 e. The van der Waals surface area contributed by atoms with Gasteiger partial charge in [0.2, 0.25) is 0 Å². The summed E-state index contributed by atoms with van der Waals surface area (Å²) in [4.78, 5) is 0.0724. The fraction of sp³-hybridized carbons (Fsp3) is 0. The summed E-state index contributed by atoms with van der Waals surface area (Å²) in [6.07, 6.45) is 0. The molecule has 2 rings (SSSR count). The number of hydrogen-bond acceptors (Lipinski definition) is 2. The second kappa shape index (κ2) is 6.14. The molecule has 0 spiro atoms. The Hall–Kier alpha value is -1.07. The topological polar surface area (TPSA) is 38.0 Å². The number of benzene rings is 2. The van der Waals surface area contributed by atoms with Crippen molar-refractivity contribution >= 4 is 63.4 Å². The molecule has 0 unspecified atom stereocenters. The van der Waals surface area contributed by atoms with Gasteiger partial charge in [0.1, 0.15) is 10.8 Å². The average molecular weight is 350 g/mol. The minimum Gasteiger partial charge on any atom is -0.389 e. The van der Waals surface area contributed by atoms with Crippen molar-refractivity contribution in [1.82, 2.24) is 0 Å². The summed E-state index contributed by atoms with van der Waals surface area (Å²) in [6.45, 7) is 0. The summed E-state index contributed by atoms with van der Waals surface area (Å²) < 4.78 is 13.2. The second-order valence-corrected chi connectivity index (χ2v) is 5.59. The van der Waals surface area contributed by atoms with Gasteiger partial charge in [0.25, 0.3) is 0 Å². The molecular weight excluding hydrogens is 342 g/mol. The van der Waals surface area contributed by atoms with Gasteiger partial charge in [0.05, 0.1) is 20.8 Å². The van der Waals surface area contributed by atoms with Crippen LogP contribution in [0, 0.1) is 5.82 Å². The lowest BCUT2D eigenvalue weighted by Crippen LogP contribution is -2.12. The lowest BCUT2D eigenvalue weighted by molar-refractivity contribution is 0.628. The minimum atomic E-state index is -0.432. The highest BCUT2D eigenvalue weighted by molar-refractivity contribution is 7.80. The number of anilines is 2. The first-order valence-corrected chi connectivity index (χ1v) is 6.93. The second-order valence-electron chi connectivity index (χ2n) is 3.93. The van der Waals surface area contributed by atoms with Crippen molar-refractivity contribution in [1.29, 1.82) is 0 Å².